The third-order valence-electron chi connectivity index (χ3n) is 6.01. The molecule has 1 heterocycles. The molecular formula is C13H21N3. The summed E-state index contributed by atoms with van der Waals surface area (Å²) in [6, 6.07) is 0. The minimum absolute atomic E-state index is 0.331. The first-order valence-corrected chi connectivity index (χ1v) is 6.74. The van der Waals surface area contributed by atoms with E-state index in [1.165, 1.54) is 32.1 Å². The Bertz CT molecular complexity index is 332. The van der Waals surface area contributed by atoms with Crippen molar-refractivity contribution in [3.05, 3.63) is 0 Å². The number of hydrogen-bond donors (Lipinski definition) is 1. The lowest BCUT2D eigenvalue weighted by molar-refractivity contribution is -0.0952. The molecular weight excluding hydrogens is 198 g/mol. The summed E-state index contributed by atoms with van der Waals surface area (Å²) in [5, 5.41) is 0. The summed E-state index contributed by atoms with van der Waals surface area (Å²) in [5.74, 6) is 4.59. The molecule has 0 amide bonds. The van der Waals surface area contributed by atoms with Gasteiger partial charge in [0.05, 0.1) is 12.1 Å². The average Bonchev–Trinajstić information content (AvgIpc) is 2.54. The van der Waals surface area contributed by atoms with E-state index in [1.807, 2.05) is 0 Å². The van der Waals surface area contributed by atoms with Gasteiger partial charge in [-0.05, 0) is 55.8 Å². The van der Waals surface area contributed by atoms with Crippen LogP contribution in [0, 0.1) is 23.7 Å². The van der Waals surface area contributed by atoms with Crippen molar-refractivity contribution < 1.29 is 0 Å². The summed E-state index contributed by atoms with van der Waals surface area (Å²) in [6.07, 6.45) is 7.30. The molecule has 5 aliphatic rings. The highest BCUT2D eigenvalue weighted by Crippen LogP contribution is 2.60. The highest BCUT2D eigenvalue weighted by atomic mass is 15.3. The van der Waals surface area contributed by atoms with Gasteiger partial charge in [-0.2, -0.15) is 0 Å². The Labute approximate surface area is 97.1 Å². The van der Waals surface area contributed by atoms with Crippen LogP contribution in [0.4, 0.5) is 0 Å². The number of nitrogens with two attached hydrogens (primary N) is 1. The first-order valence-electron chi connectivity index (χ1n) is 6.74. The van der Waals surface area contributed by atoms with Crippen LogP contribution in [0.2, 0.25) is 0 Å². The summed E-state index contributed by atoms with van der Waals surface area (Å²) in [4.78, 5) is 6.87. The van der Waals surface area contributed by atoms with Gasteiger partial charge >= 0.3 is 0 Å². The van der Waals surface area contributed by atoms with Crippen LogP contribution in [-0.4, -0.2) is 30.0 Å². The molecule has 88 valence electrons. The molecule has 5 rings (SSSR count). The zero-order chi connectivity index (χ0) is 10.9. The average molecular weight is 219 g/mol. The Balaban J connectivity index is 1.75. The Morgan fingerprint density at radius 1 is 1.12 bits per heavy atom. The van der Waals surface area contributed by atoms with E-state index in [0.717, 1.165) is 36.2 Å². The zero-order valence-corrected chi connectivity index (χ0v) is 10.0. The molecule has 0 unspecified atom stereocenters. The topological polar surface area (TPSA) is 41.6 Å². The van der Waals surface area contributed by atoms with Crippen LogP contribution in [0.3, 0.4) is 0 Å². The van der Waals surface area contributed by atoms with E-state index in [1.54, 1.807) is 0 Å². The molecule has 1 spiro atoms. The van der Waals surface area contributed by atoms with Crippen molar-refractivity contribution >= 4 is 5.96 Å². The minimum Gasteiger partial charge on any atom is -0.370 e. The fourth-order valence-electron chi connectivity index (χ4n) is 5.44. The number of nitrogens with zero attached hydrogens (tertiary/aromatic N) is 2. The van der Waals surface area contributed by atoms with Gasteiger partial charge in [0, 0.05) is 7.05 Å². The molecule has 0 aromatic rings. The van der Waals surface area contributed by atoms with E-state index in [-0.39, 0.29) is 0 Å². The fourth-order valence-corrected chi connectivity index (χ4v) is 5.44. The van der Waals surface area contributed by atoms with E-state index in [9.17, 15) is 0 Å². The molecule has 4 aliphatic carbocycles. The Kier molecular flexibility index (Phi) is 1.60. The molecule has 16 heavy (non-hydrogen) atoms. The predicted octanol–water partition coefficient (Wildman–Crippen LogP) is 1.44. The second-order valence-electron chi connectivity index (χ2n) is 6.53. The van der Waals surface area contributed by atoms with E-state index in [0.29, 0.717) is 5.54 Å². The van der Waals surface area contributed by atoms with Crippen LogP contribution < -0.4 is 5.73 Å². The fraction of sp³-hybridized carbons (Fsp3) is 0.923. The van der Waals surface area contributed by atoms with Crippen LogP contribution in [-0.2, 0) is 0 Å². The molecule has 0 saturated heterocycles. The molecule has 2 N–H and O–H groups in total. The van der Waals surface area contributed by atoms with Gasteiger partial charge in [0.1, 0.15) is 0 Å². The molecule has 0 aromatic carbocycles. The Morgan fingerprint density at radius 3 is 2.12 bits per heavy atom. The number of likely N-dealkylation sites (N-methyl/N-ethyl adjacent to an activating group) is 1. The zero-order valence-electron chi connectivity index (χ0n) is 10.0. The van der Waals surface area contributed by atoms with Gasteiger partial charge in [-0.25, -0.2) is 0 Å². The lowest BCUT2D eigenvalue weighted by Crippen LogP contribution is -2.66. The van der Waals surface area contributed by atoms with Crippen LogP contribution in [0.1, 0.15) is 32.1 Å². The number of rotatable bonds is 0. The highest BCUT2D eigenvalue weighted by Gasteiger charge is 2.60. The number of aliphatic imine (C=N–C) groups is 1. The van der Waals surface area contributed by atoms with Crippen molar-refractivity contribution in [3.8, 4) is 0 Å². The van der Waals surface area contributed by atoms with Crippen LogP contribution >= 0.6 is 0 Å². The van der Waals surface area contributed by atoms with Crippen LogP contribution in [0.15, 0.2) is 4.99 Å². The number of guanidine groups is 1. The summed E-state index contributed by atoms with van der Waals surface area (Å²) in [6.45, 7) is 0.976. The Morgan fingerprint density at radius 2 is 1.69 bits per heavy atom. The Hall–Kier alpha value is -0.730. The van der Waals surface area contributed by atoms with E-state index in [2.05, 4.69) is 16.9 Å². The standard InChI is InChI=1S/C13H21N3/c1-16-12(14)15-7-13(16)10-3-8-2-9(5-10)6-11(13)4-8/h8-11H,2-7H2,1H3,(H2,14,15). The summed E-state index contributed by atoms with van der Waals surface area (Å²) >= 11 is 0. The van der Waals surface area contributed by atoms with Crippen molar-refractivity contribution in [2.45, 2.75) is 37.6 Å². The molecule has 0 atom stereocenters. The molecule has 4 saturated carbocycles. The summed E-state index contributed by atoms with van der Waals surface area (Å²) in [5.41, 5.74) is 6.34. The van der Waals surface area contributed by atoms with Crippen molar-refractivity contribution in [3.63, 3.8) is 0 Å². The molecule has 3 heteroatoms. The lowest BCUT2D eigenvalue weighted by Gasteiger charge is -2.62. The minimum atomic E-state index is 0.331. The highest BCUT2D eigenvalue weighted by molar-refractivity contribution is 5.81. The first-order chi connectivity index (χ1) is 7.70. The van der Waals surface area contributed by atoms with Crippen molar-refractivity contribution in [1.29, 1.82) is 0 Å². The lowest BCUT2D eigenvalue weighted by atomic mass is 9.48. The van der Waals surface area contributed by atoms with Crippen molar-refractivity contribution in [2.75, 3.05) is 13.6 Å². The molecule has 4 fully saturated rings. The van der Waals surface area contributed by atoms with Gasteiger partial charge in [-0.15, -0.1) is 0 Å². The summed E-state index contributed by atoms with van der Waals surface area (Å²) < 4.78 is 0. The van der Waals surface area contributed by atoms with Gasteiger partial charge in [0.2, 0.25) is 0 Å². The summed E-state index contributed by atoms with van der Waals surface area (Å²) in [7, 11) is 2.17. The van der Waals surface area contributed by atoms with Crippen LogP contribution in [0.5, 0.6) is 0 Å². The molecule has 1 aliphatic heterocycles. The van der Waals surface area contributed by atoms with Gasteiger partial charge < -0.3 is 10.6 Å². The monoisotopic (exact) mass is 219 g/mol. The van der Waals surface area contributed by atoms with Gasteiger partial charge in [-0.1, -0.05) is 0 Å². The second kappa shape index (κ2) is 2.74. The number of hydrogen-bond acceptors (Lipinski definition) is 3. The third kappa shape index (κ3) is 0.894. The smallest absolute Gasteiger partial charge is 0.191 e. The maximum absolute atomic E-state index is 6.01. The first kappa shape index (κ1) is 9.32. The predicted molar refractivity (Wildman–Crippen MR) is 64.0 cm³/mol. The van der Waals surface area contributed by atoms with E-state index < -0.39 is 0 Å². The molecule has 0 radical (unpaired) electrons. The maximum atomic E-state index is 6.01. The van der Waals surface area contributed by atoms with Crippen molar-refractivity contribution in [1.82, 2.24) is 4.90 Å². The van der Waals surface area contributed by atoms with Gasteiger partial charge in [-0.3, -0.25) is 4.99 Å². The van der Waals surface area contributed by atoms with Gasteiger partial charge in [0.15, 0.2) is 5.96 Å². The molecule has 3 nitrogen and oxygen atoms in total. The SMILES string of the molecule is CN1C(N)=NCC12C1CC3CC(C1)CC2C3. The van der Waals surface area contributed by atoms with E-state index >= 15 is 0 Å². The quantitative estimate of drug-likeness (QED) is 0.670. The molecule has 4 bridgehead atoms. The second-order valence-corrected chi connectivity index (χ2v) is 6.53. The third-order valence-corrected chi connectivity index (χ3v) is 6.01. The van der Waals surface area contributed by atoms with Crippen LogP contribution in [0.25, 0.3) is 0 Å². The maximum Gasteiger partial charge on any atom is 0.191 e. The normalized spacial score (nSPS) is 53.8. The largest absolute Gasteiger partial charge is 0.370 e. The van der Waals surface area contributed by atoms with E-state index in [4.69, 9.17) is 5.73 Å². The van der Waals surface area contributed by atoms with Gasteiger partial charge in [0.25, 0.3) is 0 Å². The van der Waals surface area contributed by atoms with Crippen molar-refractivity contribution in [2.24, 2.45) is 34.4 Å². The molecule has 0 aromatic heterocycles.